The van der Waals surface area contributed by atoms with Crippen LogP contribution in [-0.4, -0.2) is 43.0 Å². The number of likely N-dealkylation sites (tertiary alicyclic amines) is 1. The Bertz CT molecular complexity index is 1080. The standard InChI is InChI=1S/C25H28ClN3O3/c1-15-3-6-21(32-17-8-11-29(2)12-9-17)18(13-15)23-25(10-7-22(30)28-23)19-5-4-16(26)14-20(19)27-24(25)31/h3-6,13-14,17,23H,7-12H2,1-2H3,(H,27,31)(H,28,30)/t23-,25-/m1/s1. The number of piperidine rings is 2. The van der Waals surface area contributed by atoms with Gasteiger partial charge in [0, 0.05) is 35.8 Å². The fourth-order valence-electron chi connectivity index (χ4n) is 5.34. The van der Waals surface area contributed by atoms with E-state index in [-0.39, 0.29) is 17.9 Å². The van der Waals surface area contributed by atoms with Crippen molar-refractivity contribution in [1.82, 2.24) is 10.2 Å². The molecule has 6 nitrogen and oxygen atoms in total. The van der Waals surface area contributed by atoms with E-state index in [1.54, 1.807) is 6.07 Å². The van der Waals surface area contributed by atoms with E-state index in [4.69, 9.17) is 16.3 Å². The van der Waals surface area contributed by atoms with Gasteiger partial charge < -0.3 is 20.3 Å². The third-order valence-electron chi connectivity index (χ3n) is 7.10. The minimum atomic E-state index is -0.896. The summed E-state index contributed by atoms with van der Waals surface area (Å²) in [5.41, 5.74) is 2.61. The van der Waals surface area contributed by atoms with E-state index in [0.717, 1.165) is 48.4 Å². The molecule has 7 heteroatoms. The summed E-state index contributed by atoms with van der Waals surface area (Å²) in [4.78, 5) is 28.4. The Kier molecular flexibility index (Phi) is 5.38. The Balaban J connectivity index is 1.59. The van der Waals surface area contributed by atoms with Crippen LogP contribution in [0.25, 0.3) is 0 Å². The van der Waals surface area contributed by atoms with Crippen molar-refractivity contribution in [3.8, 4) is 5.75 Å². The smallest absolute Gasteiger partial charge is 0.237 e. The highest BCUT2D eigenvalue weighted by Gasteiger charge is 2.56. The van der Waals surface area contributed by atoms with Crippen molar-refractivity contribution in [2.75, 3.05) is 25.5 Å². The number of ether oxygens (including phenoxy) is 1. The second-order valence-electron chi connectivity index (χ2n) is 9.28. The number of hydrogen-bond acceptors (Lipinski definition) is 4. The maximum atomic E-state index is 13.5. The van der Waals surface area contributed by atoms with Gasteiger partial charge in [-0.2, -0.15) is 0 Å². The van der Waals surface area contributed by atoms with Crippen LogP contribution in [0.2, 0.25) is 5.02 Å². The summed E-state index contributed by atoms with van der Waals surface area (Å²) in [6.45, 7) is 4.00. The van der Waals surface area contributed by atoms with Gasteiger partial charge in [-0.15, -0.1) is 0 Å². The largest absolute Gasteiger partial charge is 0.490 e. The minimum Gasteiger partial charge on any atom is -0.490 e. The highest BCUT2D eigenvalue weighted by atomic mass is 35.5. The molecule has 2 fully saturated rings. The van der Waals surface area contributed by atoms with Crippen LogP contribution in [0.4, 0.5) is 5.69 Å². The summed E-state index contributed by atoms with van der Waals surface area (Å²) in [7, 11) is 2.12. The molecule has 0 bridgehead atoms. The number of nitrogens with one attached hydrogen (secondary N) is 2. The van der Waals surface area contributed by atoms with Gasteiger partial charge in [-0.1, -0.05) is 35.4 Å². The molecule has 2 saturated heterocycles. The number of halogens is 1. The predicted molar refractivity (Wildman–Crippen MR) is 124 cm³/mol. The summed E-state index contributed by atoms with van der Waals surface area (Å²) >= 11 is 6.20. The van der Waals surface area contributed by atoms with Gasteiger partial charge in [0.1, 0.15) is 17.3 Å². The number of amides is 2. The average Bonchev–Trinajstić information content (AvgIpc) is 3.03. The zero-order chi connectivity index (χ0) is 22.5. The summed E-state index contributed by atoms with van der Waals surface area (Å²) in [5, 5.41) is 6.72. The fourth-order valence-corrected chi connectivity index (χ4v) is 5.51. The van der Waals surface area contributed by atoms with Crippen molar-refractivity contribution < 1.29 is 14.3 Å². The van der Waals surface area contributed by atoms with Gasteiger partial charge in [0.2, 0.25) is 11.8 Å². The summed E-state index contributed by atoms with van der Waals surface area (Å²) in [6.07, 6.45) is 2.75. The molecule has 2 aromatic rings. The van der Waals surface area contributed by atoms with E-state index < -0.39 is 11.5 Å². The molecule has 2 aromatic carbocycles. The Morgan fingerprint density at radius 2 is 1.91 bits per heavy atom. The first-order valence-electron chi connectivity index (χ1n) is 11.2. The molecule has 3 aliphatic rings. The molecule has 0 unspecified atom stereocenters. The lowest BCUT2D eigenvalue weighted by Gasteiger charge is -2.41. The monoisotopic (exact) mass is 453 g/mol. The third kappa shape index (κ3) is 3.55. The predicted octanol–water partition coefficient (Wildman–Crippen LogP) is 3.96. The first-order chi connectivity index (χ1) is 15.4. The summed E-state index contributed by atoms with van der Waals surface area (Å²) in [6, 6.07) is 11.0. The molecule has 5 rings (SSSR count). The van der Waals surface area contributed by atoms with E-state index >= 15 is 0 Å². The Hall–Kier alpha value is -2.57. The van der Waals surface area contributed by atoms with Crippen LogP contribution in [0.5, 0.6) is 5.75 Å². The molecule has 0 saturated carbocycles. The molecular weight excluding hydrogens is 426 g/mol. The van der Waals surface area contributed by atoms with Crippen LogP contribution in [0.3, 0.4) is 0 Å². The van der Waals surface area contributed by atoms with Crippen LogP contribution in [0.15, 0.2) is 36.4 Å². The van der Waals surface area contributed by atoms with Crippen LogP contribution < -0.4 is 15.4 Å². The number of carbonyl (C=O) groups is 2. The highest BCUT2D eigenvalue weighted by molar-refractivity contribution is 6.31. The molecule has 2 amide bonds. The van der Waals surface area contributed by atoms with Crippen molar-refractivity contribution in [3.05, 3.63) is 58.1 Å². The van der Waals surface area contributed by atoms with Gasteiger partial charge in [-0.3, -0.25) is 9.59 Å². The third-order valence-corrected chi connectivity index (χ3v) is 7.33. The SMILES string of the molecule is Cc1ccc(OC2CCN(C)CC2)c([C@H]2NC(=O)CC[C@]23C(=O)Nc2cc(Cl)ccc23)c1. The van der Waals surface area contributed by atoms with Crippen molar-refractivity contribution in [3.63, 3.8) is 0 Å². The second kappa shape index (κ2) is 8.09. The first kappa shape index (κ1) is 21.3. The quantitative estimate of drug-likeness (QED) is 0.737. The summed E-state index contributed by atoms with van der Waals surface area (Å²) in [5.74, 6) is 0.584. The number of anilines is 1. The molecule has 2 atom stereocenters. The Morgan fingerprint density at radius 1 is 1.12 bits per heavy atom. The van der Waals surface area contributed by atoms with Crippen LogP contribution in [0, 0.1) is 6.92 Å². The van der Waals surface area contributed by atoms with E-state index in [2.05, 4.69) is 22.6 Å². The summed E-state index contributed by atoms with van der Waals surface area (Å²) < 4.78 is 6.49. The minimum absolute atomic E-state index is 0.0532. The Morgan fingerprint density at radius 3 is 2.69 bits per heavy atom. The van der Waals surface area contributed by atoms with E-state index in [0.29, 0.717) is 23.6 Å². The number of aryl methyl sites for hydroxylation is 1. The molecule has 0 radical (unpaired) electrons. The molecule has 0 aliphatic carbocycles. The maximum Gasteiger partial charge on any atom is 0.237 e. The van der Waals surface area contributed by atoms with E-state index in [9.17, 15) is 9.59 Å². The van der Waals surface area contributed by atoms with Crippen LogP contribution >= 0.6 is 11.6 Å². The molecule has 1 spiro atoms. The average molecular weight is 454 g/mol. The van der Waals surface area contributed by atoms with E-state index in [1.165, 1.54) is 0 Å². The number of benzene rings is 2. The number of carbonyl (C=O) groups excluding carboxylic acids is 2. The number of fused-ring (bicyclic) bond motifs is 2. The number of nitrogens with zero attached hydrogens (tertiary/aromatic N) is 1. The molecule has 2 N–H and O–H groups in total. The Labute approximate surface area is 193 Å². The first-order valence-corrected chi connectivity index (χ1v) is 11.6. The molecular formula is C25H28ClN3O3. The van der Waals surface area contributed by atoms with Gasteiger partial charge in [-0.25, -0.2) is 0 Å². The van der Waals surface area contributed by atoms with Gasteiger partial charge in [0.25, 0.3) is 0 Å². The van der Waals surface area contributed by atoms with Crippen molar-refractivity contribution >= 4 is 29.1 Å². The molecule has 3 aliphatic heterocycles. The number of rotatable bonds is 3. The van der Waals surface area contributed by atoms with Crippen LogP contribution in [0.1, 0.15) is 48.4 Å². The zero-order valence-corrected chi connectivity index (χ0v) is 19.2. The van der Waals surface area contributed by atoms with Crippen molar-refractivity contribution in [2.24, 2.45) is 0 Å². The number of hydrogen-bond donors (Lipinski definition) is 2. The molecule has 168 valence electrons. The lowest BCUT2D eigenvalue weighted by Crippen LogP contribution is -2.52. The van der Waals surface area contributed by atoms with E-state index in [1.807, 2.05) is 37.3 Å². The van der Waals surface area contributed by atoms with Gasteiger partial charge in [-0.05, 0) is 57.0 Å². The van der Waals surface area contributed by atoms with Crippen molar-refractivity contribution in [1.29, 1.82) is 0 Å². The van der Waals surface area contributed by atoms with Gasteiger partial charge in [0.05, 0.1) is 6.04 Å². The molecule has 3 heterocycles. The van der Waals surface area contributed by atoms with Crippen molar-refractivity contribution in [2.45, 2.75) is 50.2 Å². The van der Waals surface area contributed by atoms with Crippen LogP contribution in [-0.2, 0) is 15.0 Å². The molecule has 0 aromatic heterocycles. The second-order valence-corrected chi connectivity index (χ2v) is 9.71. The zero-order valence-electron chi connectivity index (χ0n) is 18.4. The highest BCUT2D eigenvalue weighted by Crippen LogP contribution is 2.52. The lowest BCUT2D eigenvalue weighted by atomic mass is 9.67. The normalized spacial score (nSPS) is 26.0. The maximum absolute atomic E-state index is 13.5. The fraction of sp³-hybridized carbons (Fsp3) is 0.440. The lowest BCUT2D eigenvalue weighted by molar-refractivity contribution is -0.130. The van der Waals surface area contributed by atoms with Gasteiger partial charge >= 0.3 is 0 Å². The molecule has 32 heavy (non-hydrogen) atoms. The topological polar surface area (TPSA) is 70.7 Å². The van der Waals surface area contributed by atoms with Gasteiger partial charge in [0.15, 0.2) is 0 Å².